The molecule has 0 N–H and O–H groups in total. The lowest BCUT2D eigenvalue weighted by Gasteiger charge is -2.07. The van der Waals surface area contributed by atoms with Crippen LogP contribution in [0.5, 0.6) is 5.75 Å². The Balaban J connectivity index is 1.24. The van der Waals surface area contributed by atoms with Gasteiger partial charge in [-0.05, 0) is 73.2 Å². The highest BCUT2D eigenvalue weighted by Gasteiger charge is 2.11. The number of carbonyl (C=O) groups excluding carboxylic acids is 1. The van der Waals surface area contributed by atoms with E-state index in [4.69, 9.17) is 4.74 Å². The average Bonchev–Trinajstić information content (AvgIpc) is 3.04. The topological polar surface area (TPSA) is 77.9 Å². The molecular weight excluding hydrogens is 520 g/mol. The Hall–Kier alpha value is -3.93. The van der Waals surface area contributed by atoms with Gasteiger partial charge in [0.05, 0.1) is 5.56 Å². The molecule has 0 fully saturated rings. The molecule has 0 atom stereocenters. The van der Waals surface area contributed by atoms with E-state index in [-0.39, 0.29) is 0 Å². The van der Waals surface area contributed by atoms with Gasteiger partial charge in [0.15, 0.2) is 11.6 Å². The molecule has 0 aliphatic heterocycles. The zero-order valence-electron chi connectivity index (χ0n) is 25.2. The molecule has 0 unspecified atom stereocenters. The molecule has 220 valence electrons. The van der Waals surface area contributed by atoms with Crippen LogP contribution in [-0.2, 0) is 12.8 Å². The summed E-state index contributed by atoms with van der Waals surface area (Å²) in [4.78, 5) is 30.9. The van der Waals surface area contributed by atoms with Crippen LogP contribution >= 0.6 is 0 Å². The highest BCUT2D eigenvalue weighted by molar-refractivity contribution is 5.91. The molecule has 0 bridgehead atoms. The molecule has 0 amide bonds. The normalized spacial score (nSPS) is 11.0. The molecule has 2 aromatic carbocycles. The van der Waals surface area contributed by atoms with Gasteiger partial charge in [-0.2, -0.15) is 0 Å². The van der Waals surface area contributed by atoms with Crippen LogP contribution in [0.3, 0.4) is 0 Å². The third-order valence-corrected chi connectivity index (χ3v) is 7.50. The molecule has 42 heavy (non-hydrogen) atoms. The van der Waals surface area contributed by atoms with Crippen LogP contribution in [0.2, 0.25) is 0 Å². The second-order valence-electron chi connectivity index (χ2n) is 11.0. The molecule has 4 aromatic rings. The summed E-state index contributed by atoms with van der Waals surface area (Å²) in [5, 5.41) is 0. The first-order valence-corrected chi connectivity index (χ1v) is 15.7. The van der Waals surface area contributed by atoms with Crippen molar-refractivity contribution < 1.29 is 9.53 Å². The van der Waals surface area contributed by atoms with Crippen molar-refractivity contribution in [1.82, 2.24) is 19.9 Å². The standard InChI is InChI=1S/C36H44N4O2/c1-3-5-7-9-10-11-13-15-29-26-37-34(38-27-29)30-16-18-32(19-17-30)36(41)42-33-22-20-31(21-23-33)35-39-24-28(25-40-35)14-12-8-6-4-2/h16-27H,3-15H2,1-2H3. The maximum absolute atomic E-state index is 12.7. The minimum Gasteiger partial charge on any atom is -0.423 e. The smallest absolute Gasteiger partial charge is 0.343 e. The fourth-order valence-corrected chi connectivity index (χ4v) is 4.90. The van der Waals surface area contributed by atoms with Gasteiger partial charge in [0.1, 0.15) is 5.75 Å². The van der Waals surface area contributed by atoms with E-state index in [1.807, 2.05) is 49.1 Å². The number of carbonyl (C=O) groups is 1. The second kappa shape index (κ2) is 17.1. The summed E-state index contributed by atoms with van der Waals surface area (Å²) < 4.78 is 5.60. The third-order valence-electron chi connectivity index (χ3n) is 7.50. The first kappa shape index (κ1) is 31.0. The fourth-order valence-electron chi connectivity index (χ4n) is 4.90. The van der Waals surface area contributed by atoms with E-state index in [1.54, 1.807) is 24.3 Å². The van der Waals surface area contributed by atoms with E-state index in [2.05, 4.69) is 33.8 Å². The number of aromatic nitrogens is 4. The Kier molecular flexibility index (Phi) is 12.6. The van der Waals surface area contributed by atoms with Crippen molar-refractivity contribution in [3.63, 3.8) is 0 Å². The van der Waals surface area contributed by atoms with E-state index in [9.17, 15) is 4.79 Å². The summed E-state index contributed by atoms with van der Waals surface area (Å²) in [7, 11) is 0. The summed E-state index contributed by atoms with van der Waals surface area (Å²) in [5.41, 5.74) is 4.54. The Labute approximate surface area is 251 Å². The maximum Gasteiger partial charge on any atom is 0.343 e. The summed E-state index contributed by atoms with van der Waals surface area (Å²) >= 11 is 0. The number of nitrogens with zero attached hydrogens (tertiary/aromatic N) is 4. The van der Waals surface area contributed by atoms with Crippen LogP contribution < -0.4 is 4.74 Å². The van der Waals surface area contributed by atoms with Gasteiger partial charge < -0.3 is 4.74 Å². The number of ether oxygens (including phenoxy) is 1. The lowest BCUT2D eigenvalue weighted by molar-refractivity contribution is 0.0735. The van der Waals surface area contributed by atoms with Crippen molar-refractivity contribution >= 4 is 5.97 Å². The molecule has 2 aromatic heterocycles. The fraction of sp³-hybridized carbons (Fsp3) is 0.417. The predicted octanol–water partition coefficient (Wildman–Crippen LogP) is 9.24. The number of hydrogen-bond acceptors (Lipinski definition) is 6. The van der Waals surface area contributed by atoms with Gasteiger partial charge in [-0.15, -0.1) is 0 Å². The van der Waals surface area contributed by atoms with E-state index in [0.717, 1.165) is 29.5 Å². The minimum atomic E-state index is -0.413. The van der Waals surface area contributed by atoms with Crippen LogP contribution in [0.4, 0.5) is 0 Å². The highest BCUT2D eigenvalue weighted by Crippen LogP contribution is 2.22. The lowest BCUT2D eigenvalue weighted by Crippen LogP contribution is -2.08. The van der Waals surface area contributed by atoms with E-state index in [0.29, 0.717) is 23.0 Å². The molecule has 0 saturated heterocycles. The van der Waals surface area contributed by atoms with Crippen LogP contribution in [0.1, 0.15) is 106 Å². The first-order chi connectivity index (χ1) is 20.7. The molecule has 0 radical (unpaired) electrons. The second-order valence-corrected chi connectivity index (χ2v) is 11.0. The van der Waals surface area contributed by atoms with Gasteiger partial charge in [0.25, 0.3) is 0 Å². The lowest BCUT2D eigenvalue weighted by atomic mass is 10.1. The third kappa shape index (κ3) is 9.86. The molecule has 4 rings (SSSR count). The Morgan fingerprint density at radius 1 is 0.548 bits per heavy atom. The molecule has 0 saturated carbocycles. The Bertz CT molecular complexity index is 1340. The predicted molar refractivity (Wildman–Crippen MR) is 169 cm³/mol. The zero-order chi connectivity index (χ0) is 29.4. The molecule has 0 aliphatic rings. The number of hydrogen-bond donors (Lipinski definition) is 0. The van der Waals surface area contributed by atoms with Crippen molar-refractivity contribution in [3.05, 3.63) is 90.0 Å². The Morgan fingerprint density at radius 2 is 0.952 bits per heavy atom. The molecule has 0 aliphatic carbocycles. The van der Waals surface area contributed by atoms with Crippen LogP contribution in [0, 0.1) is 0 Å². The first-order valence-electron chi connectivity index (χ1n) is 15.7. The van der Waals surface area contributed by atoms with Gasteiger partial charge in [0, 0.05) is 35.9 Å². The molecule has 0 spiro atoms. The molecular formula is C36H44N4O2. The van der Waals surface area contributed by atoms with E-state index < -0.39 is 5.97 Å². The van der Waals surface area contributed by atoms with E-state index >= 15 is 0 Å². The van der Waals surface area contributed by atoms with Gasteiger partial charge >= 0.3 is 5.97 Å². The van der Waals surface area contributed by atoms with Crippen molar-refractivity contribution in [2.24, 2.45) is 0 Å². The van der Waals surface area contributed by atoms with E-state index in [1.165, 1.54) is 76.2 Å². The van der Waals surface area contributed by atoms with Crippen LogP contribution in [-0.4, -0.2) is 25.9 Å². The summed E-state index contributed by atoms with van der Waals surface area (Å²) in [6, 6.07) is 14.5. The highest BCUT2D eigenvalue weighted by atomic mass is 16.5. The average molecular weight is 565 g/mol. The zero-order valence-corrected chi connectivity index (χ0v) is 25.2. The SMILES string of the molecule is CCCCCCCCCc1cnc(-c2ccc(C(=O)Oc3ccc(-c4ncc(CCCCCC)cn4)cc3)cc2)nc1. The summed E-state index contributed by atoms with van der Waals surface area (Å²) in [6.45, 7) is 4.47. The minimum absolute atomic E-state index is 0.413. The number of aryl methyl sites for hydroxylation is 2. The number of rotatable bonds is 17. The maximum atomic E-state index is 12.7. The quantitative estimate of drug-likeness (QED) is 0.0722. The Morgan fingerprint density at radius 3 is 1.43 bits per heavy atom. The molecule has 2 heterocycles. The van der Waals surface area contributed by atoms with Gasteiger partial charge in [0.2, 0.25) is 0 Å². The summed E-state index contributed by atoms with van der Waals surface area (Å²) in [5.74, 6) is 1.37. The largest absolute Gasteiger partial charge is 0.423 e. The molecule has 6 heteroatoms. The van der Waals surface area contributed by atoms with Crippen LogP contribution in [0.25, 0.3) is 22.8 Å². The number of benzene rings is 2. The van der Waals surface area contributed by atoms with Crippen molar-refractivity contribution in [2.75, 3.05) is 0 Å². The van der Waals surface area contributed by atoms with Gasteiger partial charge in [-0.25, -0.2) is 24.7 Å². The molecule has 6 nitrogen and oxygen atoms in total. The number of unbranched alkanes of at least 4 members (excludes halogenated alkanes) is 9. The number of esters is 1. The van der Waals surface area contributed by atoms with Gasteiger partial charge in [-0.1, -0.05) is 83.8 Å². The monoisotopic (exact) mass is 564 g/mol. The van der Waals surface area contributed by atoms with Gasteiger partial charge in [-0.3, -0.25) is 0 Å². The van der Waals surface area contributed by atoms with Crippen molar-refractivity contribution in [2.45, 2.75) is 97.3 Å². The van der Waals surface area contributed by atoms with Crippen molar-refractivity contribution in [1.29, 1.82) is 0 Å². The van der Waals surface area contributed by atoms with Crippen LogP contribution in [0.15, 0.2) is 73.3 Å². The van der Waals surface area contributed by atoms with Crippen molar-refractivity contribution in [3.8, 4) is 28.5 Å². The summed E-state index contributed by atoms with van der Waals surface area (Å²) in [6.07, 6.45) is 23.6.